The van der Waals surface area contributed by atoms with E-state index in [1.54, 1.807) is 7.11 Å². The molecule has 0 aromatic heterocycles. The molecule has 0 unspecified atom stereocenters. The Hall–Kier alpha value is -1.27. The summed E-state index contributed by atoms with van der Waals surface area (Å²) in [6.45, 7) is 1.92. The van der Waals surface area contributed by atoms with Crippen LogP contribution < -0.4 is 21.1 Å². The maximum Gasteiger partial charge on any atom is 0.312 e. The number of nitrogens with two attached hydrogens (primary N) is 1. The molecule has 0 aliphatic heterocycles. The van der Waals surface area contributed by atoms with E-state index in [4.69, 9.17) is 10.5 Å². The number of rotatable bonds is 6. The quantitative estimate of drug-likeness (QED) is 0.691. The number of hydrogen-bond acceptors (Lipinski definition) is 3. The lowest BCUT2D eigenvalue weighted by Gasteiger charge is -2.08. The van der Waals surface area contributed by atoms with Gasteiger partial charge >= 0.3 is 6.03 Å². The van der Waals surface area contributed by atoms with Crippen LogP contribution in [0.2, 0.25) is 0 Å². The molecule has 5 nitrogen and oxygen atoms in total. The molecule has 0 aliphatic carbocycles. The zero-order valence-electron chi connectivity index (χ0n) is 9.63. The van der Waals surface area contributed by atoms with Gasteiger partial charge in [0.2, 0.25) is 0 Å². The smallest absolute Gasteiger partial charge is 0.312 e. The highest BCUT2D eigenvalue weighted by Crippen LogP contribution is 2.25. The Morgan fingerprint density at radius 2 is 2.24 bits per heavy atom. The summed E-state index contributed by atoms with van der Waals surface area (Å²) in [6.07, 6.45) is 0. The van der Waals surface area contributed by atoms with Gasteiger partial charge in [0.15, 0.2) is 0 Å². The molecule has 0 heterocycles. The van der Waals surface area contributed by atoms with Gasteiger partial charge in [-0.15, -0.1) is 0 Å². The number of amides is 2. The lowest BCUT2D eigenvalue weighted by Crippen LogP contribution is -2.35. The van der Waals surface area contributed by atoms with Crippen LogP contribution in [0.3, 0.4) is 0 Å². The highest BCUT2D eigenvalue weighted by Gasteiger charge is 2.00. The van der Waals surface area contributed by atoms with Gasteiger partial charge in [0.05, 0.1) is 11.6 Å². The summed E-state index contributed by atoms with van der Waals surface area (Å²) in [5, 5.41) is 5.70. The second-order valence-corrected chi connectivity index (χ2v) is 4.29. The molecular formula is C11H16BrN3O2. The van der Waals surface area contributed by atoms with Crippen molar-refractivity contribution in [3.8, 4) is 5.75 Å². The van der Waals surface area contributed by atoms with Gasteiger partial charge in [-0.1, -0.05) is 6.07 Å². The fourth-order valence-corrected chi connectivity index (χ4v) is 1.91. The maximum atomic E-state index is 10.4. The van der Waals surface area contributed by atoms with Gasteiger partial charge in [0, 0.05) is 19.6 Å². The molecular weight excluding hydrogens is 286 g/mol. The van der Waals surface area contributed by atoms with Crippen LogP contribution in [0.4, 0.5) is 4.79 Å². The molecule has 0 bridgehead atoms. The Morgan fingerprint density at radius 3 is 2.82 bits per heavy atom. The summed E-state index contributed by atoms with van der Waals surface area (Å²) in [7, 11) is 1.63. The number of carbonyl (C=O) groups excluding carboxylic acids is 1. The van der Waals surface area contributed by atoms with Crippen LogP contribution in [-0.4, -0.2) is 26.2 Å². The fraction of sp³-hybridized carbons (Fsp3) is 0.364. The molecule has 17 heavy (non-hydrogen) atoms. The maximum absolute atomic E-state index is 10.4. The number of carbonyl (C=O) groups is 1. The van der Waals surface area contributed by atoms with Crippen molar-refractivity contribution >= 4 is 22.0 Å². The molecule has 0 saturated carbocycles. The Labute approximate surface area is 109 Å². The van der Waals surface area contributed by atoms with Crippen molar-refractivity contribution in [1.29, 1.82) is 0 Å². The largest absolute Gasteiger partial charge is 0.496 e. The van der Waals surface area contributed by atoms with Crippen LogP contribution in [0.15, 0.2) is 22.7 Å². The van der Waals surface area contributed by atoms with Crippen molar-refractivity contribution in [3.05, 3.63) is 28.2 Å². The summed E-state index contributed by atoms with van der Waals surface area (Å²) in [5.74, 6) is 0.809. The van der Waals surface area contributed by atoms with Crippen molar-refractivity contribution < 1.29 is 9.53 Å². The second-order valence-electron chi connectivity index (χ2n) is 3.44. The van der Waals surface area contributed by atoms with Crippen LogP contribution in [0.25, 0.3) is 0 Å². The number of halogens is 1. The van der Waals surface area contributed by atoms with Gasteiger partial charge in [-0.3, -0.25) is 0 Å². The van der Waals surface area contributed by atoms with Gasteiger partial charge < -0.3 is 21.1 Å². The average molecular weight is 302 g/mol. The SMILES string of the molecule is COc1ccc(CNCCNC(N)=O)cc1Br. The third kappa shape index (κ3) is 5.06. The number of nitrogens with one attached hydrogen (secondary N) is 2. The van der Waals surface area contributed by atoms with Crippen molar-refractivity contribution in [1.82, 2.24) is 10.6 Å². The van der Waals surface area contributed by atoms with Crippen molar-refractivity contribution in [2.75, 3.05) is 20.2 Å². The summed E-state index contributed by atoms with van der Waals surface area (Å²) in [4.78, 5) is 10.4. The van der Waals surface area contributed by atoms with Gasteiger partial charge in [-0.25, -0.2) is 4.79 Å². The third-order valence-electron chi connectivity index (χ3n) is 2.15. The van der Waals surface area contributed by atoms with Crippen molar-refractivity contribution in [2.24, 2.45) is 5.73 Å². The van der Waals surface area contributed by atoms with Crippen LogP contribution >= 0.6 is 15.9 Å². The first-order valence-corrected chi connectivity index (χ1v) is 5.99. The Kier molecular flexibility index (Phi) is 5.79. The van der Waals surface area contributed by atoms with Crippen LogP contribution in [0, 0.1) is 0 Å². The minimum absolute atomic E-state index is 0.501. The zero-order chi connectivity index (χ0) is 12.7. The van der Waals surface area contributed by atoms with Gasteiger partial charge in [0.25, 0.3) is 0 Å². The molecule has 0 spiro atoms. The van der Waals surface area contributed by atoms with Crippen molar-refractivity contribution in [2.45, 2.75) is 6.54 Å². The van der Waals surface area contributed by atoms with E-state index in [9.17, 15) is 4.79 Å². The number of hydrogen-bond donors (Lipinski definition) is 3. The van der Waals surface area contributed by atoms with Gasteiger partial charge in [-0.2, -0.15) is 0 Å². The van der Waals surface area contributed by atoms with E-state index < -0.39 is 6.03 Å². The minimum Gasteiger partial charge on any atom is -0.496 e. The Balaban J connectivity index is 2.32. The van der Waals surface area contributed by atoms with Crippen LogP contribution in [0.1, 0.15) is 5.56 Å². The van der Waals surface area contributed by atoms with E-state index >= 15 is 0 Å². The predicted octanol–water partition coefficient (Wildman–Crippen LogP) is 1.22. The van der Waals surface area contributed by atoms with E-state index in [2.05, 4.69) is 26.6 Å². The molecule has 0 aliphatic rings. The molecule has 1 aromatic rings. The number of ether oxygens (including phenoxy) is 1. The Morgan fingerprint density at radius 1 is 1.47 bits per heavy atom. The number of benzene rings is 1. The number of primary amides is 1. The summed E-state index contributed by atoms with van der Waals surface area (Å²) >= 11 is 3.42. The second kappa shape index (κ2) is 7.13. The van der Waals surface area contributed by atoms with Crippen molar-refractivity contribution in [3.63, 3.8) is 0 Å². The number of urea groups is 1. The van der Waals surface area contributed by atoms with Crippen LogP contribution in [-0.2, 0) is 6.54 Å². The zero-order valence-corrected chi connectivity index (χ0v) is 11.2. The molecule has 0 fully saturated rings. The molecule has 2 amide bonds. The molecule has 0 saturated heterocycles. The molecule has 94 valence electrons. The molecule has 1 rings (SSSR count). The monoisotopic (exact) mass is 301 g/mol. The van der Waals surface area contributed by atoms with E-state index in [0.717, 1.165) is 22.3 Å². The standard InChI is InChI=1S/C11H16BrN3O2/c1-17-10-3-2-8(6-9(10)12)7-14-4-5-15-11(13)16/h2-3,6,14H,4-5,7H2,1H3,(H3,13,15,16). The third-order valence-corrected chi connectivity index (χ3v) is 2.77. The molecule has 6 heteroatoms. The van der Waals surface area contributed by atoms with E-state index in [1.165, 1.54) is 0 Å². The average Bonchev–Trinajstić information content (AvgIpc) is 2.28. The van der Waals surface area contributed by atoms with Crippen LogP contribution in [0.5, 0.6) is 5.75 Å². The summed E-state index contributed by atoms with van der Waals surface area (Å²) in [6, 6.07) is 5.38. The molecule has 4 N–H and O–H groups in total. The highest BCUT2D eigenvalue weighted by atomic mass is 79.9. The first-order chi connectivity index (χ1) is 8.13. The lowest BCUT2D eigenvalue weighted by atomic mass is 10.2. The van der Waals surface area contributed by atoms with Gasteiger partial charge in [-0.05, 0) is 33.6 Å². The van der Waals surface area contributed by atoms with Gasteiger partial charge in [0.1, 0.15) is 5.75 Å². The summed E-state index contributed by atoms with van der Waals surface area (Å²) < 4.78 is 6.07. The number of methoxy groups -OCH3 is 1. The highest BCUT2D eigenvalue weighted by molar-refractivity contribution is 9.10. The van der Waals surface area contributed by atoms with E-state index in [-0.39, 0.29) is 0 Å². The van der Waals surface area contributed by atoms with E-state index in [0.29, 0.717) is 13.1 Å². The normalized spacial score (nSPS) is 10.0. The first kappa shape index (κ1) is 13.8. The molecule has 0 radical (unpaired) electrons. The lowest BCUT2D eigenvalue weighted by molar-refractivity contribution is 0.249. The molecule has 0 atom stereocenters. The first-order valence-electron chi connectivity index (χ1n) is 5.20. The summed E-state index contributed by atoms with van der Waals surface area (Å²) in [5.41, 5.74) is 6.08. The fourth-order valence-electron chi connectivity index (χ4n) is 1.33. The topological polar surface area (TPSA) is 76.4 Å². The Bertz CT molecular complexity index is 385. The minimum atomic E-state index is -0.501. The van der Waals surface area contributed by atoms with E-state index in [1.807, 2.05) is 18.2 Å². The molecule has 1 aromatic carbocycles. The predicted molar refractivity (Wildman–Crippen MR) is 70.0 cm³/mol.